The maximum Gasteiger partial charge on any atom is 0.235 e. The Bertz CT molecular complexity index is 829. The predicted molar refractivity (Wildman–Crippen MR) is 94.2 cm³/mol. The molecule has 4 nitrogen and oxygen atoms in total. The fourth-order valence-corrected chi connectivity index (χ4v) is 4.36. The molecule has 0 bridgehead atoms. The number of carbonyl (C=O) groups is 1. The first kappa shape index (κ1) is 16.7. The lowest BCUT2D eigenvalue weighted by molar-refractivity contribution is -0.118. The minimum Gasteiger partial charge on any atom is -0.351 e. The topological polar surface area (TPSA) is 63.2 Å². The van der Waals surface area contributed by atoms with Crippen LogP contribution in [0.5, 0.6) is 0 Å². The number of rotatable bonds is 6. The van der Waals surface area contributed by atoms with Gasteiger partial charge >= 0.3 is 0 Å². The highest BCUT2D eigenvalue weighted by Crippen LogP contribution is 2.23. The third kappa shape index (κ3) is 4.45. The molecule has 126 valence electrons. The van der Waals surface area contributed by atoms with Crippen molar-refractivity contribution in [1.29, 1.82) is 0 Å². The Labute approximate surface area is 142 Å². The summed E-state index contributed by atoms with van der Waals surface area (Å²) in [5.74, 6) is -1.02. The minimum atomic E-state index is -3.47. The molecule has 1 amide bonds. The SMILES string of the molecule is O=C(CS(=O)(=O)Cc1ccc2c(c1)CCC2)NCc1ccccc1. The van der Waals surface area contributed by atoms with Crippen LogP contribution in [0, 0.1) is 0 Å². The average molecular weight is 343 g/mol. The summed E-state index contributed by atoms with van der Waals surface area (Å²) in [5.41, 5.74) is 4.28. The molecule has 0 unspecified atom stereocenters. The van der Waals surface area contributed by atoms with Crippen molar-refractivity contribution in [2.75, 3.05) is 5.75 Å². The Morgan fingerprint density at radius 2 is 1.71 bits per heavy atom. The van der Waals surface area contributed by atoms with Gasteiger partial charge in [-0.25, -0.2) is 8.42 Å². The molecule has 24 heavy (non-hydrogen) atoms. The molecule has 0 radical (unpaired) electrons. The van der Waals surface area contributed by atoms with Gasteiger partial charge in [0.05, 0.1) is 5.75 Å². The average Bonchev–Trinajstić information content (AvgIpc) is 3.00. The van der Waals surface area contributed by atoms with Crippen LogP contribution in [0.4, 0.5) is 0 Å². The van der Waals surface area contributed by atoms with E-state index in [4.69, 9.17) is 0 Å². The molecule has 3 rings (SSSR count). The Kier molecular flexibility index (Phi) is 5.00. The highest BCUT2D eigenvalue weighted by molar-refractivity contribution is 7.91. The molecule has 0 atom stereocenters. The summed E-state index contributed by atoms with van der Waals surface area (Å²) in [6.07, 6.45) is 3.22. The third-order valence-corrected chi connectivity index (χ3v) is 5.71. The normalized spacial score (nSPS) is 13.5. The van der Waals surface area contributed by atoms with E-state index in [1.54, 1.807) is 0 Å². The predicted octanol–water partition coefficient (Wildman–Crippen LogP) is 2.41. The van der Waals surface area contributed by atoms with E-state index in [2.05, 4.69) is 5.32 Å². The minimum absolute atomic E-state index is 0.0843. The standard InChI is InChI=1S/C19H21NO3S/c21-19(20-12-15-5-2-1-3-6-15)14-24(22,23)13-16-9-10-17-7-4-8-18(17)11-16/h1-3,5-6,9-11H,4,7-8,12-14H2,(H,20,21). The van der Waals surface area contributed by atoms with Gasteiger partial charge in [-0.15, -0.1) is 0 Å². The van der Waals surface area contributed by atoms with Crippen molar-refractivity contribution >= 4 is 15.7 Å². The number of amides is 1. The molecule has 0 aromatic heterocycles. The van der Waals surface area contributed by atoms with Crippen molar-refractivity contribution in [1.82, 2.24) is 5.32 Å². The summed E-state index contributed by atoms with van der Waals surface area (Å²) in [5, 5.41) is 2.66. The Morgan fingerprint density at radius 1 is 0.958 bits per heavy atom. The largest absolute Gasteiger partial charge is 0.351 e. The molecular formula is C19H21NO3S. The molecule has 0 fully saturated rings. The number of hydrogen-bond acceptors (Lipinski definition) is 3. The van der Waals surface area contributed by atoms with Gasteiger partial charge in [0.15, 0.2) is 9.84 Å². The maximum absolute atomic E-state index is 12.3. The Morgan fingerprint density at radius 3 is 2.50 bits per heavy atom. The second-order valence-corrected chi connectivity index (χ2v) is 8.32. The van der Waals surface area contributed by atoms with Crippen molar-refractivity contribution < 1.29 is 13.2 Å². The molecule has 0 heterocycles. The lowest BCUT2D eigenvalue weighted by Crippen LogP contribution is -2.30. The van der Waals surface area contributed by atoms with Gasteiger partial charge in [-0.3, -0.25) is 4.79 Å². The van der Waals surface area contributed by atoms with E-state index in [-0.39, 0.29) is 5.75 Å². The molecule has 2 aromatic rings. The van der Waals surface area contributed by atoms with Gasteiger partial charge in [-0.1, -0.05) is 48.5 Å². The molecule has 0 spiro atoms. The van der Waals surface area contributed by atoms with Crippen LogP contribution in [0.1, 0.15) is 28.7 Å². The monoisotopic (exact) mass is 343 g/mol. The molecule has 0 saturated carbocycles. The van der Waals surface area contributed by atoms with Crippen LogP contribution < -0.4 is 5.32 Å². The van der Waals surface area contributed by atoms with Crippen molar-refractivity contribution in [3.05, 3.63) is 70.8 Å². The first-order chi connectivity index (χ1) is 11.5. The summed E-state index contributed by atoms with van der Waals surface area (Å²) in [4.78, 5) is 11.9. The number of aryl methyl sites for hydroxylation is 2. The van der Waals surface area contributed by atoms with Gasteiger partial charge in [-0.2, -0.15) is 0 Å². The second-order valence-electron chi connectivity index (χ2n) is 6.25. The maximum atomic E-state index is 12.3. The number of hydrogen-bond donors (Lipinski definition) is 1. The molecule has 0 aliphatic heterocycles. The summed E-state index contributed by atoms with van der Waals surface area (Å²) in [6, 6.07) is 15.3. The van der Waals surface area contributed by atoms with Crippen molar-refractivity contribution in [3.8, 4) is 0 Å². The fourth-order valence-electron chi connectivity index (χ4n) is 3.07. The molecule has 2 aromatic carbocycles. The van der Waals surface area contributed by atoms with Gasteiger partial charge in [0.2, 0.25) is 5.91 Å². The number of carbonyl (C=O) groups excluding carboxylic acids is 1. The van der Waals surface area contributed by atoms with Crippen LogP contribution >= 0.6 is 0 Å². The van der Waals surface area contributed by atoms with Crippen LogP contribution in [0.15, 0.2) is 48.5 Å². The number of sulfone groups is 1. The van der Waals surface area contributed by atoms with E-state index in [1.807, 2.05) is 48.5 Å². The number of fused-ring (bicyclic) bond motifs is 1. The molecule has 0 saturated heterocycles. The van der Waals surface area contributed by atoms with Gasteiger partial charge < -0.3 is 5.32 Å². The van der Waals surface area contributed by atoms with Crippen LogP contribution in [0.25, 0.3) is 0 Å². The second kappa shape index (κ2) is 7.18. The molecule has 1 N–H and O–H groups in total. The molecule has 1 aliphatic carbocycles. The lowest BCUT2D eigenvalue weighted by Gasteiger charge is -2.08. The molecule has 1 aliphatic rings. The van der Waals surface area contributed by atoms with Crippen molar-refractivity contribution in [3.63, 3.8) is 0 Å². The van der Waals surface area contributed by atoms with E-state index >= 15 is 0 Å². The van der Waals surface area contributed by atoms with Crippen LogP contribution in [0.2, 0.25) is 0 Å². The zero-order chi connectivity index (χ0) is 17.0. The van der Waals surface area contributed by atoms with Crippen molar-refractivity contribution in [2.45, 2.75) is 31.6 Å². The van der Waals surface area contributed by atoms with Gasteiger partial charge in [0.25, 0.3) is 0 Å². The zero-order valence-corrected chi connectivity index (χ0v) is 14.3. The van der Waals surface area contributed by atoms with Gasteiger partial charge in [-0.05, 0) is 41.5 Å². The van der Waals surface area contributed by atoms with Gasteiger partial charge in [0, 0.05) is 6.54 Å². The summed E-state index contributed by atoms with van der Waals surface area (Å²) >= 11 is 0. The van der Waals surface area contributed by atoms with Crippen LogP contribution in [-0.4, -0.2) is 20.1 Å². The highest BCUT2D eigenvalue weighted by atomic mass is 32.2. The number of nitrogens with one attached hydrogen (secondary N) is 1. The first-order valence-corrected chi connectivity index (χ1v) is 9.96. The van der Waals surface area contributed by atoms with E-state index in [0.717, 1.165) is 30.4 Å². The van der Waals surface area contributed by atoms with E-state index in [9.17, 15) is 13.2 Å². The zero-order valence-electron chi connectivity index (χ0n) is 13.5. The van der Waals surface area contributed by atoms with Crippen LogP contribution in [0.3, 0.4) is 0 Å². The first-order valence-electron chi connectivity index (χ1n) is 8.13. The van der Waals surface area contributed by atoms with E-state index < -0.39 is 21.5 Å². The Hall–Kier alpha value is -2.14. The fraction of sp³-hybridized carbons (Fsp3) is 0.316. The summed E-state index contributed by atoms with van der Waals surface area (Å²) in [7, 11) is -3.47. The summed E-state index contributed by atoms with van der Waals surface area (Å²) < 4.78 is 24.5. The van der Waals surface area contributed by atoms with Gasteiger partial charge in [0.1, 0.15) is 5.75 Å². The quantitative estimate of drug-likeness (QED) is 0.876. The number of benzene rings is 2. The molecule has 5 heteroatoms. The smallest absolute Gasteiger partial charge is 0.235 e. The highest BCUT2D eigenvalue weighted by Gasteiger charge is 2.19. The summed E-state index contributed by atoms with van der Waals surface area (Å²) in [6.45, 7) is 0.341. The van der Waals surface area contributed by atoms with E-state index in [1.165, 1.54) is 11.1 Å². The van der Waals surface area contributed by atoms with Crippen molar-refractivity contribution in [2.24, 2.45) is 0 Å². The van der Waals surface area contributed by atoms with Crippen LogP contribution in [-0.2, 0) is 39.8 Å². The third-order valence-electron chi connectivity index (χ3n) is 4.23. The van der Waals surface area contributed by atoms with E-state index in [0.29, 0.717) is 6.54 Å². The lowest BCUT2D eigenvalue weighted by atomic mass is 10.1. The molecular weight excluding hydrogens is 322 g/mol. The Balaban J connectivity index is 1.56.